The van der Waals surface area contributed by atoms with Gasteiger partial charge in [0.15, 0.2) is 0 Å². The van der Waals surface area contributed by atoms with E-state index in [1.807, 2.05) is 37.3 Å². The Morgan fingerprint density at radius 3 is 1.88 bits per heavy atom. The number of nitrogen functional groups attached to an aromatic ring is 3. The van der Waals surface area contributed by atoms with E-state index in [-0.39, 0.29) is 0 Å². The van der Waals surface area contributed by atoms with Gasteiger partial charge in [0.05, 0.1) is 0 Å². The molecule has 3 nitrogen and oxygen atoms in total. The van der Waals surface area contributed by atoms with Crippen molar-refractivity contribution in [1.82, 2.24) is 0 Å². The highest BCUT2D eigenvalue weighted by Crippen LogP contribution is 2.30. The van der Waals surface area contributed by atoms with Crippen molar-refractivity contribution in [2.45, 2.75) is 6.92 Å². The Labute approximate surface area is 94.9 Å². The van der Waals surface area contributed by atoms with E-state index in [9.17, 15) is 0 Å². The second-order valence-corrected chi connectivity index (χ2v) is 3.92. The highest BCUT2D eigenvalue weighted by atomic mass is 14.6. The molecule has 2 aromatic rings. The second-order valence-electron chi connectivity index (χ2n) is 3.92. The molecule has 0 saturated carbocycles. The topological polar surface area (TPSA) is 78.1 Å². The van der Waals surface area contributed by atoms with Crippen LogP contribution in [0, 0.1) is 6.92 Å². The molecule has 0 bridgehead atoms. The van der Waals surface area contributed by atoms with Gasteiger partial charge in [-0.3, -0.25) is 0 Å². The van der Waals surface area contributed by atoms with Gasteiger partial charge in [0.25, 0.3) is 0 Å². The molecule has 2 aromatic carbocycles. The summed E-state index contributed by atoms with van der Waals surface area (Å²) in [4.78, 5) is 0. The van der Waals surface area contributed by atoms with Crippen LogP contribution in [-0.4, -0.2) is 0 Å². The zero-order chi connectivity index (χ0) is 11.7. The molecule has 0 aliphatic heterocycles. The van der Waals surface area contributed by atoms with Gasteiger partial charge >= 0.3 is 0 Å². The first kappa shape index (κ1) is 10.4. The smallest absolute Gasteiger partial charge is 0.0414 e. The van der Waals surface area contributed by atoms with Crippen molar-refractivity contribution >= 4 is 17.1 Å². The number of hydrogen-bond donors (Lipinski definition) is 3. The van der Waals surface area contributed by atoms with Gasteiger partial charge < -0.3 is 17.2 Å². The summed E-state index contributed by atoms with van der Waals surface area (Å²) in [5, 5.41) is 0. The summed E-state index contributed by atoms with van der Waals surface area (Å²) in [7, 11) is 0. The standard InChI is InChI=1S/C13H15N3/c1-8-6-9(14)2-4-11(8)12-5-3-10(15)7-13(12)16/h2-7H,14-16H2,1H3. The Morgan fingerprint density at radius 1 is 0.750 bits per heavy atom. The summed E-state index contributed by atoms with van der Waals surface area (Å²) in [6, 6.07) is 11.3. The number of rotatable bonds is 1. The Kier molecular flexibility index (Phi) is 2.44. The van der Waals surface area contributed by atoms with Gasteiger partial charge in [-0.05, 0) is 42.3 Å². The highest BCUT2D eigenvalue weighted by Gasteiger charge is 2.05. The highest BCUT2D eigenvalue weighted by molar-refractivity contribution is 5.81. The van der Waals surface area contributed by atoms with E-state index >= 15 is 0 Å². The molecule has 6 N–H and O–H groups in total. The molecule has 0 atom stereocenters. The van der Waals surface area contributed by atoms with Gasteiger partial charge in [-0.25, -0.2) is 0 Å². The summed E-state index contributed by atoms with van der Waals surface area (Å²) in [6.07, 6.45) is 0. The van der Waals surface area contributed by atoms with Crippen molar-refractivity contribution in [3.05, 3.63) is 42.0 Å². The number of benzene rings is 2. The molecular weight excluding hydrogens is 198 g/mol. The van der Waals surface area contributed by atoms with Gasteiger partial charge in [-0.15, -0.1) is 0 Å². The molecule has 0 heterocycles. The average Bonchev–Trinajstić information content (AvgIpc) is 2.19. The molecule has 2 rings (SSSR count). The first-order chi connectivity index (χ1) is 7.58. The van der Waals surface area contributed by atoms with Crippen molar-refractivity contribution in [1.29, 1.82) is 0 Å². The van der Waals surface area contributed by atoms with Crippen molar-refractivity contribution in [3.8, 4) is 11.1 Å². The van der Waals surface area contributed by atoms with Gasteiger partial charge in [-0.1, -0.05) is 12.1 Å². The zero-order valence-corrected chi connectivity index (χ0v) is 9.20. The third-order valence-corrected chi connectivity index (χ3v) is 2.62. The summed E-state index contributed by atoms with van der Waals surface area (Å²) >= 11 is 0. The predicted octanol–water partition coefficient (Wildman–Crippen LogP) is 2.41. The third-order valence-electron chi connectivity index (χ3n) is 2.62. The quantitative estimate of drug-likeness (QED) is 0.636. The number of hydrogen-bond acceptors (Lipinski definition) is 3. The summed E-state index contributed by atoms with van der Waals surface area (Å²) < 4.78 is 0. The fraction of sp³-hybridized carbons (Fsp3) is 0.0769. The van der Waals surface area contributed by atoms with Crippen LogP contribution in [0.2, 0.25) is 0 Å². The van der Waals surface area contributed by atoms with Crippen LogP contribution in [0.1, 0.15) is 5.56 Å². The summed E-state index contributed by atoms with van der Waals surface area (Å²) in [6.45, 7) is 2.02. The van der Waals surface area contributed by atoms with Crippen molar-refractivity contribution in [3.63, 3.8) is 0 Å². The Bertz CT molecular complexity index is 483. The molecule has 0 aliphatic carbocycles. The third kappa shape index (κ3) is 1.80. The minimum atomic E-state index is 0.675. The fourth-order valence-corrected chi connectivity index (χ4v) is 1.82. The lowest BCUT2D eigenvalue weighted by Crippen LogP contribution is -1.95. The first-order valence-corrected chi connectivity index (χ1v) is 5.09. The molecule has 0 unspecified atom stereocenters. The van der Waals surface area contributed by atoms with E-state index in [1.165, 1.54) is 0 Å². The molecule has 0 fully saturated rings. The molecule has 0 amide bonds. The van der Waals surface area contributed by atoms with Gasteiger partial charge in [-0.2, -0.15) is 0 Å². The van der Waals surface area contributed by atoms with Gasteiger partial charge in [0, 0.05) is 22.6 Å². The Morgan fingerprint density at radius 2 is 1.31 bits per heavy atom. The largest absolute Gasteiger partial charge is 0.399 e. The fourth-order valence-electron chi connectivity index (χ4n) is 1.82. The molecule has 0 spiro atoms. The molecule has 0 aliphatic rings. The molecule has 82 valence electrons. The normalized spacial score (nSPS) is 10.3. The van der Waals surface area contributed by atoms with Crippen LogP contribution in [0.15, 0.2) is 36.4 Å². The van der Waals surface area contributed by atoms with Crippen LogP contribution in [0.5, 0.6) is 0 Å². The Hall–Kier alpha value is -2.16. The maximum Gasteiger partial charge on any atom is 0.0414 e. The second kappa shape index (κ2) is 3.77. The lowest BCUT2D eigenvalue weighted by Gasteiger charge is -2.10. The van der Waals surface area contributed by atoms with Gasteiger partial charge in [0.1, 0.15) is 0 Å². The molecule has 3 heteroatoms. The van der Waals surface area contributed by atoms with E-state index in [2.05, 4.69) is 0 Å². The Balaban J connectivity index is 2.59. The van der Waals surface area contributed by atoms with Crippen LogP contribution in [0.3, 0.4) is 0 Å². The number of anilines is 3. The predicted molar refractivity (Wildman–Crippen MR) is 69.9 cm³/mol. The zero-order valence-electron chi connectivity index (χ0n) is 9.20. The monoisotopic (exact) mass is 213 g/mol. The minimum Gasteiger partial charge on any atom is -0.399 e. The maximum atomic E-state index is 5.95. The number of nitrogens with two attached hydrogens (primary N) is 3. The van der Waals surface area contributed by atoms with E-state index in [1.54, 1.807) is 6.07 Å². The van der Waals surface area contributed by atoms with E-state index in [4.69, 9.17) is 17.2 Å². The minimum absolute atomic E-state index is 0.675. The van der Waals surface area contributed by atoms with Crippen LogP contribution in [0.25, 0.3) is 11.1 Å². The van der Waals surface area contributed by atoms with Crippen LogP contribution >= 0.6 is 0 Å². The number of aryl methyl sites for hydroxylation is 1. The van der Waals surface area contributed by atoms with Crippen LogP contribution < -0.4 is 17.2 Å². The van der Waals surface area contributed by atoms with Crippen LogP contribution in [0.4, 0.5) is 17.1 Å². The lowest BCUT2D eigenvalue weighted by molar-refractivity contribution is 1.46. The van der Waals surface area contributed by atoms with Gasteiger partial charge in [0.2, 0.25) is 0 Å². The molecule has 0 aromatic heterocycles. The van der Waals surface area contributed by atoms with Crippen molar-refractivity contribution in [2.75, 3.05) is 17.2 Å². The SMILES string of the molecule is Cc1cc(N)ccc1-c1ccc(N)cc1N. The molecular formula is C13H15N3. The lowest BCUT2D eigenvalue weighted by atomic mass is 9.98. The van der Waals surface area contributed by atoms with E-state index in [0.717, 1.165) is 22.4 Å². The van der Waals surface area contributed by atoms with E-state index in [0.29, 0.717) is 11.4 Å². The van der Waals surface area contributed by atoms with Crippen molar-refractivity contribution < 1.29 is 0 Å². The molecule has 16 heavy (non-hydrogen) atoms. The average molecular weight is 213 g/mol. The van der Waals surface area contributed by atoms with Crippen molar-refractivity contribution in [2.24, 2.45) is 0 Å². The molecule has 0 saturated heterocycles. The van der Waals surface area contributed by atoms with Crippen LogP contribution in [-0.2, 0) is 0 Å². The van der Waals surface area contributed by atoms with E-state index < -0.39 is 0 Å². The summed E-state index contributed by atoms with van der Waals surface area (Å²) in [5.41, 5.74) is 22.6. The first-order valence-electron chi connectivity index (χ1n) is 5.09. The molecule has 0 radical (unpaired) electrons. The maximum absolute atomic E-state index is 5.95. The summed E-state index contributed by atoms with van der Waals surface area (Å²) in [5.74, 6) is 0.